The van der Waals surface area contributed by atoms with Gasteiger partial charge in [0.05, 0.1) is 5.52 Å². The molecule has 0 unspecified atom stereocenters. The fraction of sp³-hybridized carbons (Fsp3) is 0.333. The van der Waals surface area contributed by atoms with E-state index in [0.717, 1.165) is 16.5 Å². The third-order valence-electron chi connectivity index (χ3n) is 3.20. The van der Waals surface area contributed by atoms with Gasteiger partial charge in [0.2, 0.25) is 0 Å². The van der Waals surface area contributed by atoms with Gasteiger partial charge >= 0.3 is 0 Å². The van der Waals surface area contributed by atoms with E-state index in [4.69, 9.17) is 0 Å². The van der Waals surface area contributed by atoms with E-state index >= 15 is 0 Å². The standard InChI is InChI=1S/C15H17NO2/c1-10-4-6-12-9-13(7-5-11(2)17)15(18)16(3)14(12)8-10/h4,6,8-9H,5,7H2,1-3H3. The molecule has 0 N–H and O–H groups in total. The van der Waals surface area contributed by atoms with Crippen LogP contribution in [0, 0.1) is 6.92 Å². The SMILES string of the molecule is CC(=O)CCc1cc2ccc(C)cc2n(C)c1=O. The third-order valence-corrected chi connectivity index (χ3v) is 3.20. The molecule has 18 heavy (non-hydrogen) atoms. The Balaban J connectivity index is 2.57. The fourth-order valence-electron chi connectivity index (χ4n) is 2.13. The summed E-state index contributed by atoms with van der Waals surface area (Å²) in [6.07, 6.45) is 0.943. The lowest BCUT2D eigenvalue weighted by Gasteiger charge is -2.09. The smallest absolute Gasteiger partial charge is 0.253 e. The Morgan fingerprint density at radius 1 is 1.28 bits per heavy atom. The minimum absolute atomic E-state index is 0.00523. The molecule has 2 aromatic rings. The number of hydrogen-bond donors (Lipinski definition) is 0. The molecule has 94 valence electrons. The molecule has 0 aliphatic rings. The maximum absolute atomic E-state index is 12.2. The van der Waals surface area contributed by atoms with Crippen LogP contribution in [0.1, 0.15) is 24.5 Å². The van der Waals surface area contributed by atoms with Crippen LogP contribution in [0.5, 0.6) is 0 Å². The third kappa shape index (κ3) is 2.35. The van der Waals surface area contributed by atoms with Crippen molar-refractivity contribution in [1.29, 1.82) is 0 Å². The molecular weight excluding hydrogens is 226 g/mol. The van der Waals surface area contributed by atoms with E-state index in [0.29, 0.717) is 18.4 Å². The van der Waals surface area contributed by atoms with Crippen LogP contribution in [0.4, 0.5) is 0 Å². The molecule has 0 bridgehead atoms. The topological polar surface area (TPSA) is 39.1 Å². The number of pyridine rings is 1. The second-order valence-electron chi connectivity index (χ2n) is 4.80. The predicted octanol–water partition coefficient (Wildman–Crippen LogP) is 2.37. The number of fused-ring (bicyclic) bond motifs is 1. The number of benzene rings is 1. The summed E-state index contributed by atoms with van der Waals surface area (Å²) in [5.74, 6) is 0.112. The molecule has 3 nitrogen and oxygen atoms in total. The molecule has 0 radical (unpaired) electrons. The Labute approximate surface area is 106 Å². The summed E-state index contributed by atoms with van der Waals surface area (Å²) in [5, 5.41) is 1.04. The van der Waals surface area contributed by atoms with Crippen LogP contribution in [-0.4, -0.2) is 10.4 Å². The number of hydrogen-bond acceptors (Lipinski definition) is 2. The van der Waals surface area contributed by atoms with Crippen molar-refractivity contribution in [3.05, 3.63) is 45.7 Å². The number of ketones is 1. The number of nitrogens with zero attached hydrogens (tertiary/aromatic N) is 1. The van der Waals surface area contributed by atoms with Gasteiger partial charge in [-0.3, -0.25) is 4.79 Å². The molecule has 3 heteroatoms. The number of carbonyl (C=O) groups excluding carboxylic acids is 1. The maximum Gasteiger partial charge on any atom is 0.253 e. The second-order valence-corrected chi connectivity index (χ2v) is 4.80. The van der Waals surface area contributed by atoms with Gasteiger partial charge in [0, 0.05) is 19.0 Å². The summed E-state index contributed by atoms with van der Waals surface area (Å²) in [5.41, 5.74) is 2.78. The van der Waals surface area contributed by atoms with Crippen molar-refractivity contribution in [2.75, 3.05) is 0 Å². The molecule has 1 heterocycles. The molecule has 0 aliphatic carbocycles. The predicted molar refractivity (Wildman–Crippen MR) is 72.9 cm³/mol. The van der Waals surface area contributed by atoms with Gasteiger partial charge in [-0.05, 0) is 43.4 Å². The number of aryl methyl sites for hydroxylation is 3. The number of aromatic nitrogens is 1. The van der Waals surface area contributed by atoms with E-state index < -0.39 is 0 Å². The lowest BCUT2D eigenvalue weighted by atomic mass is 10.1. The number of Topliss-reactive ketones (excluding diaryl/α,β-unsaturated/α-hetero) is 1. The van der Waals surface area contributed by atoms with Crippen molar-refractivity contribution in [2.24, 2.45) is 7.05 Å². The van der Waals surface area contributed by atoms with Gasteiger partial charge in [-0.1, -0.05) is 12.1 Å². The van der Waals surface area contributed by atoms with E-state index in [1.807, 2.05) is 31.2 Å². The van der Waals surface area contributed by atoms with Crippen molar-refractivity contribution in [3.63, 3.8) is 0 Å². The quantitative estimate of drug-likeness (QED) is 0.830. The normalized spacial score (nSPS) is 10.8. The maximum atomic E-state index is 12.2. The monoisotopic (exact) mass is 243 g/mol. The summed E-state index contributed by atoms with van der Waals surface area (Å²) >= 11 is 0. The van der Waals surface area contributed by atoms with Crippen LogP contribution < -0.4 is 5.56 Å². The first-order valence-corrected chi connectivity index (χ1v) is 6.08. The van der Waals surface area contributed by atoms with Gasteiger partial charge in [-0.2, -0.15) is 0 Å². The zero-order chi connectivity index (χ0) is 13.3. The fourth-order valence-corrected chi connectivity index (χ4v) is 2.13. The van der Waals surface area contributed by atoms with Crippen LogP contribution >= 0.6 is 0 Å². The molecule has 0 spiro atoms. The van der Waals surface area contributed by atoms with Crippen molar-refractivity contribution in [1.82, 2.24) is 4.57 Å². The first-order valence-electron chi connectivity index (χ1n) is 6.08. The molecule has 2 rings (SSSR count). The highest BCUT2D eigenvalue weighted by Gasteiger charge is 2.07. The lowest BCUT2D eigenvalue weighted by molar-refractivity contribution is -0.116. The zero-order valence-corrected chi connectivity index (χ0v) is 11.0. The average Bonchev–Trinajstić information content (AvgIpc) is 2.32. The number of carbonyl (C=O) groups is 1. The Kier molecular flexibility index (Phi) is 3.32. The molecular formula is C15H17NO2. The van der Waals surface area contributed by atoms with Crippen LogP contribution in [0.25, 0.3) is 10.9 Å². The van der Waals surface area contributed by atoms with E-state index in [1.165, 1.54) is 0 Å². The van der Waals surface area contributed by atoms with E-state index in [1.54, 1.807) is 18.5 Å². The Morgan fingerprint density at radius 3 is 2.67 bits per heavy atom. The van der Waals surface area contributed by atoms with Crippen LogP contribution in [-0.2, 0) is 18.3 Å². The molecule has 1 aromatic heterocycles. The van der Waals surface area contributed by atoms with Gasteiger partial charge in [-0.25, -0.2) is 0 Å². The summed E-state index contributed by atoms with van der Waals surface area (Å²) in [6, 6.07) is 7.95. The highest BCUT2D eigenvalue weighted by atomic mass is 16.1. The summed E-state index contributed by atoms with van der Waals surface area (Å²) in [6.45, 7) is 3.56. The summed E-state index contributed by atoms with van der Waals surface area (Å²) in [7, 11) is 1.78. The molecule has 0 atom stereocenters. The van der Waals surface area contributed by atoms with Gasteiger partial charge in [0.1, 0.15) is 5.78 Å². The average molecular weight is 243 g/mol. The molecule has 0 aliphatic heterocycles. The van der Waals surface area contributed by atoms with Crippen LogP contribution in [0.2, 0.25) is 0 Å². The molecule has 0 fully saturated rings. The highest BCUT2D eigenvalue weighted by Crippen LogP contribution is 2.15. The Morgan fingerprint density at radius 2 is 2.00 bits per heavy atom. The first kappa shape index (κ1) is 12.6. The van der Waals surface area contributed by atoms with Crippen molar-refractivity contribution in [2.45, 2.75) is 26.7 Å². The van der Waals surface area contributed by atoms with E-state index in [-0.39, 0.29) is 11.3 Å². The number of rotatable bonds is 3. The van der Waals surface area contributed by atoms with Gasteiger partial charge in [-0.15, -0.1) is 0 Å². The largest absolute Gasteiger partial charge is 0.311 e. The second kappa shape index (κ2) is 4.77. The molecule has 1 aromatic carbocycles. The zero-order valence-electron chi connectivity index (χ0n) is 11.0. The Bertz CT molecular complexity index is 668. The van der Waals surface area contributed by atoms with Crippen LogP contribution in [0.15, 0.2) is 29.1 Å². The molecule has 0 saturated carbocycles. The van der Waals surface area contributed by atoms with E-state index in [9.17, 15) is 9.59 Å². The minimum Gasteiger partial charge on any atom is -0.311 e. The molecule has 0 amide bonds. The van der Waals surface area contributed by atoms with Crippen LogP contribution in [0.3, 0.4) is 0 Å². The van der Waals surface area contributed by atoms with Gasteiger partial charge in [0.15, 0.2) is 0 Å². The lowest BCUT2D eigenvalue weighted by Crippen LogP contribution is -2.21. The van der Waals surface area contributed by atoms with Crippen molar-refractivity contribution >= 4 is 16.7 Å². The summed E-state index contributed by atoms with van der Waals surface area (Å²) < 4.78 is 1.66. The minimum atomic E-state index is -0.00523. The van der Waals surface area contributed by atoms with Crippen molar-refractivity contribution in [3.8, 4) is 0 Å². The highest BCUT2D eigenvalue weighted by molar-refractivity contribution is 5.80. The van der Waals surface area contributed by atoms with Crippen molar-refractivity contribution < 1.29 is 4.79 Å². The van der Waals surface area contributed by atoms with E-state index in [2.05, 4.69) is 0 Å². The molecule has 0 saturated heterocycles. The summed E-state index contributed by atoms with van der Waals surface area (Å²) in [4.78, 5) is 23.2. The first-order chi connectivity index (χ1) is 8.49. The Hall–Kier alpha value is -1.90. The van der Waals surface area contributed by atoms with Gasteiger partial charge < -0.3 is 9.36 Å². The van der Waals surface area contributed by atoms with Gasteiger partial charge in [0.25, 0.3) is 5.56 Å².